The Balaban J connectivity index is 3.87. The lowest BCUT2D eigenvalue weighted by Crippen LogP contribution is -2.09. The van der Waals surface area contributed by atoms with E-state index in [2.05, 4.69) is 25.8 Å². The summed E-state index contributed by atoms with van der Waals surface area (Å²) in [4.78, 5) is 4.35. The van der Waals surface area contributed by atoms with Crippen LogP contribution in [0.1, 0.15) is 40.5 Å². The van der Waals surface area contributed by atoms with Crippen LogP contribution in [0.3, 0.4) is 0 Å². The maximum absolute atomic E-state index is 9.02. The molecule has 1 unspecified atom stereocenters. The first kappa shape index (κ1) is 11.6. The van der Waals surface area contributed by atoms with Gasteiger partial charge in [-0.05, 0) is 25.7 Å². The minimum Gasteiger partial charge on any atom is -0.391 e. The molecule has 0 aliphatic heterocycles. The summed E-state index contributed by atoms with van der Waals surface area (Å²) in [7, 11) is 0. The highest BCUT2D eigenvalue weighted by Gasteiger charge is 2.01. The number of hydrogen-bond donors (Lipinski definition) is 1. The van der Waals surface area contributed by atoms with Gasteiger partial charge in [0, 0.05) is 5.71 Å². The highest BCUT2D eigenvalue weighted by Crippen LogP contribution is 2.04. The molecule has 1 atom stereocenters. The number of aliphatic hydroxyl groups is 1. The largest absolute Gasteiger partial charge is 0.391 e. The number of rotatable bonds is 5. The molecule has 1 N–H and O–H groups in total. The molecule has 0 fully saturated rings. The zero-order chi connectivity index (χ0) is 9.56. The highest BCUT2D eigenvalue weighted by molar-refractivity contribution is 5.84. The maximum atomic E-state index is 9.02. The molecule has 0 spiro atoms. The molecule has 0 aromatic carbocycles. The van der Waals surface area contributed by atoms with E-state index in [0.29, 0.717) is 12.5 Å². The number of nitrogens with zero attached hydrogens (tertiary/aromatic N) is 1. The summed E-state index contributed by atoms with van der Waals surface area (Å²) >= 11 is 0. The normalized spacial score (nSPS) is 15.3. The fraction of sp³-hybridized carbons (Fsp3) is 0.900. The zero-order valence-electron chi connectivity index (χ0n) is 8.67. The van der Waals surface area contributed by atoms with Crippen LogP contribution in [0.2, 0.25) is 0 Å². The first-order chi connectivity index (χ1) is 5.56. The van der Waals surface area contributed by atoms with Gasteiger partial charge in [0.2, 0.25) is 0 Å². The van der Waals surface area contributed by atoms with Crippen molar-refractivity contribution < 1.29 is 5.11 Å². The Morgan fingerprint density at radius 2 is 1.92 bits per heavy atom. The molecule has 0 aliphatic carbocycles. The van der Waals surface area contributed by atoms with E-state index in [9.17, 15) is 0 Å². The lowest BCUT2D eigenvalue weighted by Gasteiger charge is -2.07. The van der Waals surface area contributed by atoms with Gasteiger partial charge >= 0.3 is 0 Å². The molecule has 0 saturated heterocycles. The Hall–Kier alpha value is -0.370. The molecule has 72 valence electrons. The topological polar surface area (TPSA) is 32.6 Å². The molecule has 2 heteroatoms. The molecule has 0 heterocycles. The number of hydrogen-bond acceptors (Lipinski definition) is 2. The van der Waals surface area contributed by atoms with Crippen molar-refractivity contribution in [1.82, 2.24) is 0 Å². The standard InChI is InChI=1S/C10H21NO/c1-5-10(6-8(2)3)11-7-9(4)12/h8-9,12H,5-7H2,1-4H3/b11-10+. The van der Waals surface area contributed by atoms with Gasteiger partial charge in [-0.1, -0.05) is 20.8 Å². The SMILES string of the molecule is CC/C(CC(C)C)=N\CC(C)O. The predicted octanol–water partition coefficient (Wildman–Crippen LogP) is 2.26. The van der Waals surface area contributed by atoms with Gasteiger partial charge in [0.25, 0.3) is 0 Å². The molecule has 0 saturated carbocycles. The third kappa shape index (κ3) is 6.35. The van der Waals surface area contributed by atoms with Crippen LogP contribution in [0.15, 0.2) is 4.99 Å². The lowest BCUT2D eigenvalue weighted by atomic mass is 10.1. The summed E-state index contributed by atoms with van der Waals surface area (Å²) < 4.78 is 0. The second-order valence-electron chi connectivity index (χ2n) is 3.71. The van der Waals surface area contributed by atoms with Crippen molar-refractivity contribution in [2.45, 2.75) is 46.6 Å². The van der Waals surface area contributed by atoms with Gasteiger partial charge in [-0.25, -0.2) is 0 Å². The molecular weight excluding hydrogens is 150 g/mol. The lowest BCUT2D eigenvalue weighted by molar-refractivity contribution is 0.204. The van der Waals surface area contributed by atoms with Crippen LogP contribution >= 0.6 is 0 Å². The molecular formula is C10H21NO. The third-order valence-corrected chi connectivity index (χ3v) is 1.63. The van der Waals surface area contributed by atoms with Crippen LogP contribution < -0.4 is 0 Å². The minimum absolute atomic E-state index is 0.307. The van der Waals surface area contributed by atoms with Gasteiger partial charge in [-0.15, -0.1) is 0 Å². The van der Waals surface area contributed by atoms with Crippen LogP contribution in [0, 0.1) is 5.92 Å². The molecule has 0 aromatic rings. The second-order valence-corrected chi connectivity index (χ2v) is 3.71. The smallest absolute Gasteiger partial charge is 0.0707 e. The quantitative estimate of drug-likeness (QED) is 0.632. The average molecular weight is 171 g/mol. The summed E-state index contributed by atoms with van der Waals surface area (Å²) in [5.74, 6) is 0.665. The van der Waals surface area contributed by atoms with E-state index in [-0.39, 0.29) is 6.10 Å². The molecule has 2 nitrogen and oxygen atoms in total. The van der Waals surface area contributed by atoms with E-state index < -0.39 is 0 Å². The van der Waals surface area contributed by atoms with Crippen molar-refractivity contribution in [3.63, 3.8) is 0 Å². The van der Waals surface area contributed by atoms with Crippen molar-refractivity contribution in [2.75, 3.05) is 6.54 Å². The highest BCUT2D eigenvalue weighted by atomic mass is 16.3. The molecule has 12 heavy (non-hydrogen) atoms. The van der Waals surface area contributed by atoms with Crippen LogP contribution in [0.5, 0.6) is 0 Å². The van der Waals surface area contributed by atoms with Crippen LogP contribution in [-0.2, 0) is 0 Å². The minimum atomic E-state index is -0.307. The summed E-state index contributed by atoms with van der Waals surface area (Å²) in [5.41, 5.74) is 1.23. The monoisotopic (exact) mass is 171 g/mol. The van der Waals surface area contributed by atoms with Gasteiger partial charge in [-0.2, -0.15) is 0 Å². The first-order valence-corrected chi connectivity index (χ1v) is 4.76. The van der Waals surface area contributed by atoms with E-state index in [1.54, 1.807) is 6.92 Å². The third-order valence-electron chi connectivity index (χ3n) is 1.63. The Morgan fingerprint density at radius 3 is 2.25 bits per heavy atom. The fourth-order valence-electron chi connectivity index (χ4n) is 1.05. The molecule has 0 bridgehead atoms. The maximum Gasteiger partial charge on any atom is 0.0707 e. The van der Waals surface area contributed by atoms with Crippen molar-refractivity contribution in [3.05, 3.63) is 0 Å². The van der Waals surface area contributed by atoms with Crippen LogP contribution in [-0.4, -0.2) is 23.5 Å². The molecule has 0 aromatic heterocycles. The van der Waals surface area contributed by atoms with Crippen LogP contribution in [0.25, 0.3) is 0 Å². The predicted molar refractivity (Wildman–Crippen MR) is 53.7 cm³/mol. The van der Waals surface area contributed by atoms with E-state index in [0.717, 1.165) is 12.8 Å². The van der Waals surface area contributed by atoms with Gasteiger partial charge in [0.15, 0.2) is 0 Å². The Bertz CT molecular complexity index is 139. The average Bonchev–Trinajstić information content (AvgIpc) is 1.97. The molecule has 0 amide bonds. The van der Waals surface area contributed by atoms with Gasteiger partial charge in [-0.3, -0.25) is 4.99 Å². The summed E-state index contributed by atoms with van der Waals surface area (Å²) in [6.45, 7) is 8.81. The van der Waals surface area contributed by atoms with Crippen molar-refractivity contribution in [2.24, 2.45) is 10.9 Å². The van der Waals surface area contributed by atoms with Crippen molar-refractivity contribution >= 4 is 5.71 Å². The first-order valence-electron chi connectivity index (χ1n) is 4.76. The number of aliphatic hydroxyl groups excluding tert-OH is 1. The van der Waals surface area contributed by atoms with Gasteiger partial charge in [0.1, 0.15) is 0 Å². The van der Waals surface area contributed by atoms with E-state index in [1.165, 1.54) is 5.71 Å². The summed E-state index contributed by atoms with van der Waals surface area (Å²) in [6.07, 6.45) is 1.76. The molecule has 0 radical (unpaired) electrons. The van der Waals surface area contributed by atoms with Gasteiger partial charge in [0.05, 0.1) is 12.6 Å². The molecule has 0 rings (SSSR count). The Labute approximate surface area is 75.7 Å². The zero-order valence-corrected chi connectivity index (χ0v) is 8.67. The number of aliphatic imine (C=N–C) groups is 1. The summed E-state index contributed by atoms with van der Waals surface area (Å²) in [6, 6.07) is 0. The second kappa shape index (κ2) is 6.18. The summed E-state index contributed by atoms with van der Waals surface area (Å²) in [5, 5.41) is 9.02. The Morgan fingerprint density at radius 1 is 1.33 bits per heavy atom. The Kier molecular flexibility index (Phi) is 5.99. The van der Waals surface area contributed by atoms with E-state index in [4.69, 9.17) is 5.11 Å². The fourth-order valence-corrected chi connectivity index (χ4v) is 1.05. The van der Waals surface area contributed by atoms with Crippen molar-refractivity contribution in [3.8, 4) is 0 Å². The van der Waals surface area contributed by atoms with Gasteiger partial charge < -0.3 is 5.11 Å². The van der Waals surface area contributed by atoms with E-state index >= 15 is 0 Å². The van der Waals surface area contributed by atoms with Crippen molar-refractivity contribution in [1.29, 1.82) is 0 Å². The van der Waals surface area contributed by atoms with E-state index in [1.807, 2.05) is 0 Å². The van der Waals surface area contributed by atoms with Crippen LogP contribution in [0.4, 0.5) is 0 Å². The molecule has 0 aliphatic rings.